The minimum Gasteiger partial charge on any atom is -0.388 e. The van der Waals surface area contributed by atoms with Gasteiger partial charge in [0, 0.05) is 44.1 Å². The molecule has 3 aliphatic heterocycles. The molecule has 1 unspecified atom stereocenters. The number of carbonyl (C=O) groups excluding carboxylic acids is 2. The van der Waals surface area contributed by atoms with Gasteiger partial charge in [-0.2, -0.15) is 0 Å². The summed E-state index contributed by atoms with van der Waals surface area (Å²) in [5, 5.41) is 19.8. The van der Waals surface area contributed by atoms with E-state index in [1.807, 2.05) is 30.1 Å². The lowest BCUT2D eigenvalue weighted by Crippen LogP contribution is -2.40. The minimum absolute atomic E-state index is 0.0428. The van der Waals surface area contributed by atoms with E-state index in [1.165, 1.54) is 69.0 Å². The van der Waals surface area contributed by atoms with Crippen molar-refractivity contribution in [3.05, 3.63) is 64.7 Å². The number of benzene rings is 2. The van der Waals surface area contributed by atoms with Gasteiger partial charge < -0.3 is 31.6 Å². The zero-order valence-electron chi connectivity index (χ0n) is 25.9. The number of hydrogen-bond acceptors (Lipinski definition) is 6. The highest BCUT2D eigenvalue weighted by Crippen LogP contribution is 2.52. The van der Waals surface area contributed by atoms with Gasteiger partial charge in [0.25, 0.3) is 0 Å². The third-order valence-corrected chi connectivity index (χ3v) is 8.38. The highest BCUT2D eigenvalue weighted by molar-refractivity contribution is 5.86. The standard InChI is InChI=1S/C14H20N4O.C8H10.C7H11NO.C5H11N/c1-16-12-5-4-10(7-11(12)8-15)9-18-14(19)13-3-2-6-17-13;1-7-3-5-8(2)6-4-7;9-6-8-4-3-7(5-8)1-2-7;1-2-4-6-5-3-1/h4-5,7-8,13,15-17H,2-3,6,9H2,1H3,(H,18,19);3-6H,1-2H3;6H,1-5H2;6H,1-5H2. The Morgan fingerprint density at radius 3 is 2.12 bits per heavy atom. The maximum Gasteiger partial charge on any atom is 0.237 e. The van der Waals surface area contributed by atoms with E-state index < -0.39 is 0 Å². The summed E-state index contributed by atoms with van der Waals surface area (Å²) in [7, 11) is 1.83. The molecule has 42 heavy (non-hydrogen) atoms. The number of carbonyl (C=O) groups is 2. The van der Waals surface area contributed by atoms with Crippen molar-refractivity contribution >= 4 is 24.2 Å². The van der Waals surface area contributed by atoms with Crippen molar-refractivity contribution in [2.24, 2.45) is 5.41 Å². The summed E-state index contributed by atoms with van der Waals surface area (Å²) in [6.45, 7) is 10.2. The Hall–Kier alpha value is -3.23. The van der Waals surface area contributed by atoms with Gasteiger partial charge in [-0.15, -0.1) is 0 Å². The predicted molar refractivity (Wildman–Crippen MR) is 173 cm³/mol. The zero-order valence-corrected chi connectivity index (χ0v) is 25.9. The molecule has 3 saturated heterocycles. The molecule has 1 aliphatic carbocycles. The molecule has 0 radical (unpaired) electrons. The first-order chi connectivity index (χ1) is 20.4. The lowest BCUT2D eigenvalue weighted by atomic mass is 10.1. The van der Waals surface area contributed by atoms with Crippen LogP contribution in [0.5, 0.6) is 0 Å². The first kappa shape index (κ1) is 33.3. The SMILES string of the molecule is C1CCNCC1.CNc1ccc(CNC(=O)C2CCCN2)cc1C=N.Cc1ccc(C)cc1.O=CN1CCC2(CC2)C1. The second-order valence-electron chi connectivity index (χ2n) is 12.0. The number of amides is 2. The molecule has 1 saturated carbocycles. The van der Waals surface area contributed by atoms with Crippen LogP contribution < -0.4 is 21.3 Å². The van der Waals surface area contributed by atoms with E-state index >= 15 is 0 Å². The third kappa shape index (κ3) is 11.6. The molecule has 0 bridgehead atoms. The Balaban J connectivity index is 0.000000173. The average Bonchev–Trinajstić information content (AvgIpc) is 3.38. The Morgan fingerprint density at radius 2 is 1.69 bits per heavy atom. The predicted octanol–water partition coefficient (Wildman–Crippen LogP) is 4.79. The molecule has 8 heteroatoms. The van der Waals surface area contributed by atoms with E-state index in [4.69, 9.17) is 5.41 Å². The van der Waals surface area contributed by atoms with Gasteiger partial charge in [0.2, 0.25) is 12.3 Å². The van der Waals surface area contributed by atoms with Crippen LogP contribution in [-0.2, 0) is 16.1 Å². The van der Waals surface area contributed by atoms with Crippen LogP contribution in [0.1, 0.15) is 73.6 Å². The molecule has 2 aromatic carbocycles. The highest BCUT2D eigenvalue weighted by Gasteiger charge is 2.47. The number of aryl methyl sites for hydroxylation is 2. The second-order valence-corrected chi connectivity index (χ2v) is 12.0. The van der Waals surface area contributed by atoms with Crippen molar-refractivity contribution in [3.63, 3.8) is 0 Å². The Morgan fingerprint density at radius 1 is 1.00 bits per heavy atom. The van der Waals surface area contributed by atoms with Crippen molar-refractivity contribution in [1.82, 2.24) is 20.9 Å². The molecule has 6 rings (SSSR count). The molecule has 1 spiro atoms. The fraction of sp³-hybridized carbons (Fsp3) is 0.559. The largest absolute Gasteiger partial charge is 0.388 e. The molecule has 4 aliphatic rings. The number of likely N-dealkylation sites (tertiary alicyclic amines) is 1. The monoisotopic (exact) mass is 576 g/mol. The van der Waals surface area contributed by atoms with Gasteiger partial charge in [-0.25, -0.2) is 0 Å². The molecular weight excluding hydrogens is 524 g/mol. The topological polar surface area (TPSA) is 109 Å². The summed E-state index contributed by atoms with van der Waals surface area (Å²) in [5.74, 6) is 0.0617. The Labute approximate surface area is 252 Å². The Bertz CT molecular complexity index is 1070. The van der Waals surface area contributed by atoms with Gasteiger partial charge in [-0.05, 0) is 102 Å². The number of anilines is 1. The lowest BCUT2D eigenvalue weighted by Gasteiger charge is -2.12. The van der Waals surface area contributed by atoms with Crippen molar-refractivity contribution in [2.75, 3.05) is 45.1 Å². The number of nitrogens with zero attached hydrogens (tertiary/aromatic N) is 1. The minimum atomic E-state index is -0.0428. The molecule has 2 amide bonds. The van der Waals surface area contributed by atoms with Crippen LogP contribution in [-0.4, -0.2) is 69.2 Å². The summed E-state index contributed by atoms with van der Waals surface area (Å²) in [5.41, 5.74) is 6.02. The van der Waals surface area contributed by atoms with Gasteiger partial charge in [0.15, 0.2) is 0 Å². The maximum atomic E-state index is 11.9. The quantitative estimate of drug-likeness (QED) is 0.251. The average molecular weight is 577 g/mol. The van der Waals surface area contributed by atoms with Crippen LogP contribution in [0.25, 0.3) is 0 Å². The third-order valence-electron chi connectivity index (χ3n) is 8.38. The van der Waals surface area contributed by atoms with Crippen LogP contribution in [0.4, 0.5) is 5.69 Å². The zero-order chi connectivity index (χ0) is 30.2. The second kappa shape index (κ2) is 17.7. The summed E-state index contributed by atoms with van der Waals surface area (Å²) < 4.78 is 0. The molecule has 2 aromatic rings. The van der Waals surface area contributed by atoms with Crippen molar-refractivity contribution in [1.29, 1.82) is 5.41 Å². The van der Waals surface area contributed by atoms with Crippen molar-refractivity contribution in [2.45, 2.75) is 77.8 Å². The van der Waals surface area contributed by atoms with E-state index in [1.54, 1.807) is 0 Å². The van der Waals surface area contributed by atoms with Crippen LogP contribution in [0, 0.1) is 24.7 Å². The summed E-state index contributed by atoms with van der Waals surface area (Å²) in [6.07, 6.45) is 12.5. The summed E-state index contributed by atoms with van der Waals surface area (Å²) in [6, 6.07) is 14.2. The first-order valence-corrected chi connectivity index (χ1v) is 15.6. The van der Waals surface area contributed by atoms with E-state index in [2.05, 4.69) is 59.4 Å². The normalized spacial score (nSPS) is 19.6. The van der Waals surface area contributed by atoms with Gasteiger partial charge in [0.05, 0.1) is 6.04 Å². The van der Waals surface area contributed by atoms with E-state index in [-0.39, 0.29) is 11.9 Å². The molecular formula is C34H52N6O2. The van der Waals surface area contributed by atoms with Gasteiger partial charge >= 0.3 is 0 Å². The molecule has 8 nitrogen and oxygen atoms in total. The molecule has 3 heterocycles. The molecule has 0 aromatic heterocycles. The summed E-state index contributed by atoms with van der Waals surface area (Å²) >= 11 is 0. The molecule has 4 fully saturated rings. The molecule has 1 atom stereocenters. The van der Waals surface area contributed by atoms with Crippen LogP contribution in [0.2, 0.25) is 0 Å². The van der Waals surface area contributed by atoms with Crippen LogP contribution in [0.3, 0.4) is 0 Å². The smallest absolute Gasteiger partial charge is 0.237 e. The van der Waals surface area contributed by atoms with Crippen LogP contribution in [0.15, 0.2) is 42.5 Å². The molecule has 5 N–H and O–H groups in total. The number of piperidine rings is 1. The van der Waals surface area contributed by atoms with E-state index in [0.717, 1.165) is 55.7 Å². The lowest BCUT2D eigenvalue weighted by molar-refractivity contribution is -0.123. The van der Waals surface area contributed by atoms with Gasteiger partial charge in [-0.3, -0.25) is 9.59 Å². The highest BCUT2D eigenvalue weighted by atomic mass is 16.2. The van der Waals surface area contributed by atoms with Crippen molar-refractivity contribution < 1.29 is 9.59 Å². The van der Waals surface area contributed by atoms with Crippen molar-refractivity contribution in [3.8, 4) is 0 Å². The fourth-order valence-electron chi connectivity index (χ4n) is 5.37. The van der Waals surface area contributed by atoms with E-state index in [9.17, 15) is 9.59 Å². The number of hydrogen-bond donors (Lipinski definition) is 5. The number of nitrogens with one attached hydrogen (secondary N) is 5. The van der Waals surface area contributed by atoms with Gasteiger partial charge in [0.1, 0.15) is 0 Å². The van der Waals surface area contributed by atoms with Gasteiger partial charge in [-0.1, -0.05) is 47.9 Å². The Kier molecular flexibility index (Phi) is 14.0. The first-order valence-electron chi connectivity index (χ1n) is 15.6. The molecule has 230 valence electrons. The fourth-order valence-corrected chi connectivity index (χ4v) is 5.37. The summed E-state index contributed by atoms with van der Waals surface area (Å²) in [4.78, 5) is 24.0. The maximum absolute atomic E-state index is 11.9. The number of rotatable bonds is 6. The van der Waals surface area contributed by atoms with E-state index in [0.29, 0.717) is 12.0 Å². The van der Waals surface area contributed by atoms with Crippen LogP contribution >= 0.6 is 0 Å².